The van der Waals surface area contributed by atoms with Crippen molar-refractivity contribution in [2.24, 2.45) is 0 Å². The number of para-hydroxylation sites is 1. The van der Waals surface area contributed by atoms with Crippen LogP contribution in [-0.4, -0.2) is 40.8 Å². The molecule has 0 bridgehead atoms. The predicted molar refractivity (Wildman–Crippen MR) is 88.4 cm³/mol. The molecule has 1 atom stereocenters. The smallest absolute Gasteiger partial charge is 0.338 e. The number of nitrogens with one attached hydrogen (secondary N) is 1. The number of carbonyl (C=O) groups is 2. The van der Waals surface area contributed by atoms with Gasteiger partial charge in [-0.1, -0.05) is 18.2 Å². The van der Waals surface area contributed by atoms with Crippen LogP contribution in [0.25, 0.3) is 10.9 Å². The Morgan fingerprint density at radius 2 is 2.13 bits per heavy atom. The summed E-state index contributed by atoms with van der Waals surface area (Å²) in [5.74, 6) is -0.873. The third-order valence-electron chi connectivity index (χ3n) is 4.51. The topological polar surface area (TPSA) is 62.4 Å². The van der Waals surface area contributed by atoms with E-state index in [-0.39, 0.29) is 18.4 Å². The van der Waals surface area contributed by atoms with E-state index >= 15 is 0 Å². The number of fused-ring (bicyclic) bond motifs is 3. The van der Waals surface area contributed by atoms with Crippen LogP contribution >= 0.6 is 11.6 Å². The fraction of sp³-hybridized carbons (Fsp3) is 0.412. The first-order chi connectivity index (χ1) is 11.0. The maximum atomic E-state index is 12.7. The molecule has 0 saturated heterocycles. The maximum absolute atomic E-state index is 12.7. The number of nitrogens with zero attached hydrogens (tertiary/aromatic N) is 1. The quantitative estimate of drug-likeness (QED) is 0.693. The van der Waals surface area contributed by atoms with Crippen molar-refractivity contribution in [2.75, 3.05) is 19.0 Å². The molecular formula is C17H19ClN2O3. The van der Waals surface area contributed by atoms with Gasteiger partial charge in [0.05, 0.1) is 12.3 Å². The van der Waals surface area contributed by atoms with Crippen LogP contribution < -0.4 is 0 Å². The zero-order valence-corrected chi connectivity index (χ0v) is 13.9. The standard InChI is InChI=1S/C17H19ClN2O3/c1-3-23-16(22)17(2)15-12(8-9-20(17)14(21)10-18)11-6-4-5-7-13(11)19-15/h4-7,19H,3,8-10H2,1-2H3/t17-/m1/s1. The molecule has 122 valence electrons. The van der Waals surface area contributed by atoms with Crippen molar-refractivity contribution < 1.29 is 14.3 Å². The second kappa shape index (κ2) is 5.89. The number of rotatable bonds is 3. The van der Waals surface area contributed by atoms with E-state index < -0.39 is 11.5 Å². The molecule has 0 radical (unpaired) electrons. The van der Waals surface area contributed by atoms with Gasteiger partial charge in [0.15, 0.2) is 5.54 Å². The highest BCUT2D eigenvalue weighted by Crippen LogP contribution is 2.39. The van der Waals surface area contributed by atoms with E-state index in [0.29, 0.717) is 13.0 Å². The number of benzene rings is 1. The van der Waals surface area contributed by atoms with Crippen LogP contribution in [0.15, 0.2) is 24.3 Å². The minimum Gasteiger partial charge on any atom is -0.464 e. The van der Waals surface area contributed by atoms with Gasteiger partial charge in [0.2, 0.25) is 5.91 Å². The third kappa shape index (κ3) is 2.30. The summed E-state index contributed by atoms with van der Waals surface area (Å²) in [5, 5.41) is 1.08. The Hall–Kier alpha value is -2.01. The van der Waals surface area contributed by atoms with Crippen LogP contribution in [0.2, 0.25) is 0 Å². The van der Waals surface area contributed by atoms with Crippen LogP contribution in [-0.2, 0) is 26.3 Å². The van der Waals surface area contributed by atoms with Crippen LogP contribution in [0.1, 0.15) is 25.1 Å². The van der Waals surface area contributed by atoms with Crippen molar-refractivity contribution in [1.29, 1.82) is 0 Å². The van der Waals surface area contributed by atoms with E-state index in [4.69, 9.17) is 16.3 Å². The lowest BCUT2D eigenvalue weighted by Gasteiger charge is -2.42. The Labute approximate surface area is 139 Å². The molecule has 2 heterocycles. The summed E-state index contributed by atoms with van der Waals surface area (Å²) in [6.07, 6.45) is 0.678. The van der Waals surface area contributed by atoms with Crippen LogP contribution in [0.4, 0.5) is 0 Å². The van der Waals surface area contributed by atoms with Crippen molar-refractivity contribution in [3.05, 3.63) is 35.5 Å². The van der Waals surface area contributed by atoms with Crippen molar-refractivity contribution >= 4 is 34.4 Å². The lowest BCUT2D eigenvalue weighted by atomic mass is 9.86. The number of esters is 1. The van der Waals surface area contributed by atoms with Gasteiger partial charge in [-0.15, -0.1) is 11.6 Å². The van der Waals surface area contributed by atoms with E-state index in [1.807, 2.05) is 24.3 Å². The Bertz CT molecular complexity index is 770. The lowest BCUT2D eigenvalue weighted by molar-refractivity contribution is -0.164. The number of alkyl halides is 1. The second-order valence-electron chi connectivity index (χ2n) is 5.75. The van der Waals surface area contributed by atoms with Crippen molar-refractivity contribution in [3.8, 4) is 0 Å². The number of hydrogen-bond donors (Lipinski definition) is 1. The molecule has 1 aliphatic rings. The Balaban J connectivity index is 2.21. The zero-order valence-electron chi connectivity index (χ0n) is 13.2. The van der Waals surface area contributed by atoms with Gasteiger partial charge < -0.3 is 14.6 Å². The van der Waals surface area contributed by atoms with Crippen LogP contribution in [0, 0.1) is 0 Å². The highest BCUT2D eigenvalue weighted by atomic mass is 35.5. The van der Waals surface area contributed by atoms with Crippen molar-refractivity contribution in [1.82, 2.24) is 9.88 Å². The summed E-state index contributed by atoms with van der Waals surface area (Å²) in [4.78, 5) is 29.8. The molecule has 5 nitrogen and oxygen atoms in total. The van der Waals surface area contributed by atoms with Gasteiger partial charge in [0.25, 0.3) is 0 Å². The normalized spacial score (nSPS) is 20.4. The molecule has 1 aromatic carbocycles. The third-order valence-corrected chi connectivity index (χ3v) is 4.74. The average Bonchev–Trinajstić information content (AvgIpc) is 2.94. The Kier molecular flexibility index (Phi) is 4.06. The summed E-state index contributed by atoms with van der Waals surface area (Å²) in [7, 11) is 0. The minimum atomic E-state index is -1.19. The van der Waals surface area contributed by atoms with E-state index in [1.165, 1.54) is 4.90 Å². The molecule has 1 aliphatic heterocycles. The highest BCUT2D eigenvalue weighted by Gasteiger charge is 2.49. The summed E-state index contributed by atoms with van der Waals surface area (Å²) < 4.78 is 5.27. The van der Waals surface area contributed by atoms with E-state index in [0.717, 1.165) is 22.2 Å². The summed E-state index contributed by atoms with van der Waals surface area (Å²) >= 11 is 5.75. The van der Waals surface area contributed by atoms with Crippen molar-refractivity contribution in [2.45, 2.75) is 25.8 Å². The molecule has 1 N–H and O–H groups in total. The number of halogens is 1. The van der Waals surface area contributed by atoms with E-state index in [9.17, 15) is 9.59 Å². The molecule has 0 aliphatic carbocycles. The molecule has 23 heavy (non-hydrogen) atoms. The number of aromatic amines is 1. The maximum Gasteiger partial charge on any atom is 0.338 e. The van der Waals surface area contributed by atoms with Gasteiger partial charge in [0, 0.05) is 17.4 Å². The molecule has 1 amide bonds. The molecular weight excluding hydrogens is 316 g/mol. The number of aromatic nitrogens is 1. The van der Waals surface area contributed by atoms with Crippen LogP contribution in [0.3, 0.4) is 0 Å². The predicted octanol–water partition coefficient (Wildman–Crippen LogP) is 2.57. The molecule has 1 aromatic heterocycles. The summed E-state index contributed by atoms with van der Waals surface area (Å²) in [6, 6.07) is 7.89. The number of ether oxygens (including phenoxy) is 1. The van der Waals surface area contributed by atoms with E-state index in [1.54, 1.807) is 13.8 Å². The number of H-pyrrole nitrogens is 1. The first kappa shape index (κ1) is 15.9. The van der Waals surface area contributed by atoms with Gasteiger partial charge in [-0.3, -0.25) is 4.79 Å². The number of amides is 1. The molecule has 0 spiro atoms. The molecule has 2 aromatic rings. The van der Waals surface area contributed by atoms with Gasteiger partial charge in [-0.05, 0) is 31.9 Å². The highest BCUT2D eigenvalue weighted by molar-refractivity contribution is 6.27. The van der Waals surface area contributed by atoms with Gasteiger partial charge in [-0.2, -0.15) is 0 Å². The molecule has 0 fully saturated rings. The fourth-order valence-electron chi connectivity index (χ4n) is 3.39. The number of carbonyl (C=O) groups excluding carboxylic acids is 2. The average molecular weight is 335 g/mol. The Morgan fingerprint density at radius 3 is 2.83 bits per heavy atom. The first-order valence-electron chi connectivity index (χ1n) is 7.67. The second-order valence-corrected chi connectivity index (χ2v) is 6.01. The molecule has 0 unspecified atom stereocenters. The van der Waals surface area contributed by atoms with Gasteiger partial charge in [-0.25, -0.2) is 4.79 Å². The molecule has 0 saturated carbocycles. The Morgan fingerprint density at radius 1 is 1.39 bits per heavy atom. The van der Waals surface area contributed by atoms with Gasteiger partial charge >= 0.3 is 5.97 Å². The lowest BCUT2D eigenvalue weighted by Crippen LogP contribution is -2.57. The number of hydrogen-bond acceptors (Lipinski definition) is 3. The monoisotopic (exact) mass is 334 g/mol. The zero-order chi connectivity index (χ0) is 16.6. The SMILES string of the molecule is CCOC(=O)[C@@]1(C)c2[nH]c3ccccc3c2CCN1C(=O)CCl. The summed E-state index contributed by atoms with van der Waals surface area (Å²) in [5.41, 5.74) is 1.55. The van der Waals surface area contributed by atoms with Crippen molar-refractivity contribution in [3.63, 3.8) is 0 Å². The molecule has 3 rings (SSSR count). The van der Waals surface area contributed by atoms with Gasteiger partial charge in [0.1, 0.15) is 5.88 Å². The summed E-state index contributed by atoms with van der Waals surface area (Å²) in [6.45, 7) is 4.18. The minimum absolute atomic E-state index is 0.162. The fourth-order valence-corrected chi connectivity index (χ4v) is 3.53. The largest absolute Gasteiger partial charge is 0.464 e. The first-order valence-corrected chi connectivity index (χ1v) is 8.21. The van der Waals surface area contributed by atoms with E-state index in [2.05, 4.69) is 4.98 Å². The molecule has 6 heteroatoms. The van der Waals surface area contributed by atoms with Crippen LogP contribution in [0.5, 0.6) is 0 Å².